The van der Waals surface area contributed by atoms with Crippen LogP contribution in [0.25, 0.3) is 6.08 Å². The van der Waals surface area contributed by atoms with Crippen LogP contribution < -0.4 is 4.90 Å². The van der Waals surface area contributed by atoms with E-state index in [1.54, 1.807) is 6.92 Å². The van der Waals surface area contributed by atoms with Crippen molar-refractivity contribution < 1.29 is 9.63 Å². The van der Waals surface area contributed by atoms with Gasteiger partial charge in [-0.05, 0) is 37.1 Å². The van der Waals surface area contributed by atoms with Gasteiger partial charge in [0, 0.05) is 23.5 Å². The van der Waals surface area contributed by atoms with Gasteiger partial charge in [-0.2, -0.15) is 0 Å². The van der Waals surface area contributed by atoms with Crippen molar-refractivity contribution in [2.75, 3.05) is 11.4 Å². The summed E-state index contributed by atoms with van der Waals surface area (Å²) < 4.78 is 0. The van der Waals surface area contributed by atoms with Crippen molar-refractivity contribution in [1.29, 1.82) is 0 Å². The lowest BCUT2D eigenvalue weighted by Gasteiger charge is -2.48. The molecule has 1 saturated heterocycles. The van der Waals surface area contributed by atoms with E-state index in [-0.39, 0.29) is 16.9 Å². The van der Waals surface area contributed by atoms with Crippen molar-refractivity contribution in [2.24, 2.45) is 0 Å². The maximum absolute atomic E-state index is 12.4. The lowest BCUT2D eigenvalue weighted by Crippen LogP contribution is -2.55. The zero-order valence-electron chi connectivity index (χ0n) is 17.1. The molecule has 144 valence electrons. The van der Waals surface area contributed by atoms with Gasteiger partial charge in [0.05, 0.1) is 17.8 Å². The summed E-state index contributed by atoms with van der Waals surface area (Å²) in [5.74, 6) is 0.0466. The Labute approximate surface area is 166 Å². The zero-order chi connectivity index (χ0) is 19.9. The summed E-state index contributed by atoms with van der Waals surface area (Å²) >= 11 is 0. The van der Waals surface area contributed by atoms with E-state index in [9.17, 15) is 4.79 Å². The highest BCUT2D eigenvalue weighted by Gasteiger charge is 2.72. The number of carbonyl (C=O) groups excluding carboxylic acids is 1. The summed E-state index contributed by atoms with van der Waals surface area (Å²) in [4.78, 5) is 20.7. The molecular formula is C24H26N2O2. The van der Waals surface area contributed by atoms with Crippen LogP contribution in [0.1, 0.15) is 51.3 Å². The molecule has 5 rings (SSSR count). The first kappa shape index (κ1) is 17.7. The minimum Gasteiger partial charge on any atom is -0.308 e. The molecule has 0 radical (unpaired) electrons. The number of nitrogens with zero attached hydrogens (tertiary/aromatic N) is 2. The van der Waals surface area contributed by atoms with Crippen molar-refractivity contribution in [1.82, 2.24) is 5.06 Å². The normalized spacial score (nSPS) is 28.5. The fraction of sp³-hybridized carbons (Fsp3) is 0.375. The number of hydrogen-bond donors (Lipinski definition) is 0. The van der Waals surface area contributed by atoms with Crippen molar-refractivity contribution in [3.63, 3.8) is 0 Å². The molecule has 3 aliphatic heterocycles. The Kier molecular flexibility index (Phi) is 3.37. The number of fused-ring (bicyclic) bond motifs is 4. The van der Waals surface area contributed by atoms with E-state index in [2.05, 4.69) is 69.2 Å². The molecule has 2 atom stereocenters. The van der Waals surface area contributed by atoms with Crippen LogP contribution in [0.15, 0.2) is 54.1 Å². The van der Waals surface area contributed by atoms with E-state index >= 15 is 0 Å². The molecule has 2 aromatic rings. The molecule has 0 aliphatic carbocycles. The Morgan fingerprint density at radius 2 is 1.61 bits per heavy atom. The molecule has 1 amide bonds. The summed E-state index contributed by atoms with van der Waals surface area (Å²) in [5, 5.41) is 2.14. The number of para-hydroxylation sites is 1. The lowest BCUT2D eigenvalue weighted by molar-refractivity contribution is -0.116. The van der Waals surface area contributed by atoms with E-state index in [0.717, 1.165) is 16.8 Å². The summed E-state index contributed by atoms with van der Waals surface area (Å²) in [6.07, 6.45) is 2.21. The number of amides is 1. The summed E-state index contributed by atoms with van der Waals surface area (Å²) in [5.41, 5.74) is 4.76. The molecule has 2 unspecified atom stereocenters. The van der Waals surface area contributed by atoms with Crippen LogP contribution in [0.5, 0.6) is 0 Å². The predicted octanol–water partition coefficient (Wildman–Crippen LogP) is 4.61. The van der Waals surface area contributed by atoms with Gasteiger partial charge >= 0.3 is 0 Å². The Balaban J connectivity index is 1.73. The number of carbonyl (C=O) groups is 1. The molecule has 0 N–H and O–H groups in total. The first-order valence-corrected chi connectivity index (χ1v) is 9.89. The standard InChI is InChI=1S/C24H26N2O2/c1-16(27)25-15-18(14-17-10-6-9-13-21(17)25)24-20-12-8-7-11-19(20)22(2,3)23(4,5)26(24)28-24/h6-14H,15H2,1-5H3. The second-order valence-electron chi connectivity index (χ2n) is 9.09. The highest BCUT2D eigenvalue weighted by molar-refractivity contribution is 5.96. The van der Waals surface area contributed by atoms with E-state index in [1.807, 2.05) is 23.1 Å². The monoisotopic (exact) mass is 374 g/mol. The SMILES string of the molecule is CC(=O)N1CC(C23ON2C(C)(C)C(C)(C)c2ccccc23)=Cc2ccccc21. The highest BCUT2D eigenvalue weighted by Crippen LogP contribution is 2.65. The first-order valence-electron chi connectivity index (χ1n) is 9.89. The van der Waals surface area contributed by atoms with Gasteiger partial charge in [0.25, 0.3) is 0 Å². The number of hydroxylamine groups is 2. The zero-order valence-corrected chi connectivity index (χ0v) is 17.1. The Morgan fingerprint density at radius 3 is 2.32 bits per heavy atom. The third-order valence-corrected chi connectivity index (χ3v) is 7.18. The van der Waals surface area contributed by atoms with Crippen LogP contribution in [0.2, 0.25) is 0 Å². The van der Waals surface area contributed by atoms with Crippen molar-refractivity contribution in [3.05, 3.63) is 70.8 Å². The molecule has 4 heteroatoms. The van der Waals surface area contributed by atoms with Crippen molar-refractivity contribution in [2.45, 2.75) is 51.3 Å². The van der Waals surface area contributed by atoms with Gasteiger partial charge in [0.2, 0.25) is 11.6 Å². The van der Waals surface area contributed by atoms with Gasteiger partial charge in [0.1, 0.15) is 0 Å². The summed E-state index contributed by atoms with van der Waals surface area (Å²) in [7, 11) is 0. The molecule has 1 fully saturated rings. The van der Waals surface area contributed by atoms with Gasteiger partial charge in [0.15, 0.2) is 0 Å². The van der Waals surface area contributed by atoms with Crippen LogP contribution >= 0.6 is 0 Å². The molecule has 28 heavy (non-hydrogen) atoms. The Bertz CT molecular complexity index is 1040. The minimum absolute atomic E-state index is 0.0466. The first-order chi connectivity index (χ1) is 13.2. The third kappa shape index (κ3) is 2.00. The highest BCUT2D eigenvalue weighted by atomic mass is 16.9. The average molecular weight is 374 g/mol. The second kappa shape index (κ2) is 5.34. The smallest absolute Gasteiger partial charge is 0.224 e. The predicted molar refractivity (Wildman–Crippen MR) is 111 cm³/mol. The van der Waals surface area contributed by atoms with E-state index in [0.29, 0.717) is 6.54 Å². The molecule has 0 spiro atoms. The van der Waals surface area contributed by atoms with Crippen LogP contribution in [-0.2, 0) is 20.8 Å². The minimum atomic E-state index is -0.600. The average Bonchev–Trinajstić information content (AvgIpc) is 3.44. The number of benzene rings is 2. The van der Waals surface area contributed by atoms with Crippen LogP contribution in [0, 0.1) is 0 Å². The number of rotatable bonds is 1. The van der Waals surface area contributed by atoms with Gasteiger partial charge in [-0.3, -0.25) is 9.63 Å². The lowest BCUT2D eigenvalue weighted by atomic mass is 9.63. The van der Waals surface area contributed by atoms with Gasteiger partial charge in [-0.25, -0.2) is 0 Å². The fourth-order valence-electron chi connectivity index (χ4n) is 4.88. The maximum atomic E-state index is 12.4. The molecule has 0 saturated carbocycles. The fourth-order valence-corrected chi connectivity index (χ4v) is 4.88. The molecule has 4 nitrogen and oxygen atoms in total. The quantitative estimate of drug-likeness (QED) is 0.684. The van der Waals surface area contributed by atoms with E-state index in [4.69, 9.17) is 4.84 Å². The molecule has 0 aromatic heterocycles. The number of hydrogen-bond acceptors (Lipinski definition) is 3. The van der Waals surface area contributed by atoms with Crippen LogP contribution in [0.3, 0.4) is 0 Å². The van der Waals surface area contributed by atoms with Crippen molar-refractivity contribution in [3.8, 4) is 0 Å². The summed E-state index contributed by atoms with van der Waals surface area (Å²) in [6, 6.07) is 16.6. The van der Waals surface area contributed by atoms with Gasteiger partial charge < -0.3 is 4.90 Å². The van der Waals surface area contributed by atoms with E-state index in [1.165, 1.54) is 11.1 Å². The number of anilines is 1. The van der Waals surface area contributed by atoms with Crippen molar-refractivity contribution >= 4 is 17.7 Å². The Hall–Kier alpha value is -2.43. The molecule has 0 bridgehead atoms. The Morgan fingerprint density at radius 1 is 0.964 bits per heavy atom. The van der Waals surface area contributed by atoms with Gasteiger partial charge in [-0.1, -0.05) is 56.3 Å². The molecule has 3 aliphatic rings. The third-order valence-electron chi connectivity index (χ3n) is 7.18. The van der Waals surface area contributed by atoms with Gasteiger partial charge in [-0.15, -0.1) is 5.06 Å². The molecular weight excluding hydrogens is 348 g/mol. The molecule has 3 heterocycles. The topological polar surface area (TPSA) is 35.9 Å². The van der Waals surface area contributed by atoms with Crippen LogP contribution in [0.4, 0.5) is 5.69 Å². The van der Waals surface area contributed by atoms with E-state index < -0.39 is 5.72 Å². The maximum Gasteiger partial charge on any atom is 0.224 e. The largest absolute Gasteiger partial charge is 0.308 e. The van der Waals surface area contributed by atoms with Crippen LogP contribution in [-0.4, -0.2) is 23.1 Å². The summed E-state index contributed by atoms with van der Waals surface area (Å²) in [6.45, 7) is 11.2. The second-order valence-corrected chi connectivity index (χ2v) is 9.09. The molecule has 2 aromatic carbocycles.